The first-order valence-corrected chi connectivity index (χ1v) is 39.6. The molecule has 8 aromatic rings. The monoisotopic (exact) mass is 1820 g/mol. The molecule has 3 saturated heterocycles. The molecule has 111 heavy (non-hydrogen) atoms. The zero-order chi connectivity index (χ0) is 77.7. The van der Waals surface area contributed by atoms with Crippen LogP contribution in [0.25, 0.3) is 0 Å². The Hall–Kier alpha value is -9.63. The van der Waals surface area contributed by atoms with E-state index in [0.717, 1.165) is 40.4 Å². The molecule has 0 aliphatic carbocycles. The average molecular weight is 1820 g/mol. The van der Waals surface area contributed by atoms with Gasteiger partial charge < -0.3 is 90.3 Å². The number of benzene rings is 5. The Morgan fingerprint density at radius 3 is 1.17 bits per heavy atom. The molecule has 30 nitrogen and oxygen atoms in total. The van der Waals surface area contributed by atoms with E-state index in [2.05, 4.69) is 31.9 Å². The summed E-state index contributed by atoms with van der Waals surface area (Å²) in [7, 11) is -5.89. The van der Waals surface area contributed by atoms with Crippen molar-refractivity contribution in [3.63, 3.8) is 0 Å². The Morgan fingerprint density at radius 2 is 0.811 bits per heavy atom. The number of hydrogen-bond donors (Lipinski definition) is 5. The van der Waals surface area contributed by atoms with Gasteiger partial charge in [0.05, 0.1) is 38.4 Å². The fourth-order valence-corrected chi connectivity index (χ4v) is 14.9. The molecule has 3 fully saturated rings. The summed E-state index contributed by atoms with van der Waals surface area (Å²) in [6.07, 6.45) is 5.05. The van der Waals surface area contributed by atoms with Gasteiger partial charge in [0.15, 0.2) is 34.3 Å². The Kier molecular flexibility index (Phi) is 28.7. The first-order valence-electron chi connectivity index (χ1n) is 33.1. The molecule has 9 heterocycles. The van der Waals surface area contributed by atoms with Crippen molar-refractivity contribution in [2.24, 2.45) is 0 Å². The third kappa shape index (κ3) is 20.6. The molecule has 6 amide bonds. The molecule has 0 spiro atoms. The summed E-state index contributed by atoms with van der Waals surface area (Å²) in [4.78, 5) is 122. The second-order valence-corrected chi connectivity index (χ2v) is 32.4. The number of aromatic nitrogens is 3. The van der Waals surface area contributed by atoms with Crippen LogP contribution >= 0.6 is 10.7 Å². The van der Waals surface area contributed by atoms with E-state index in [4.69, 9.17) is 9.47 Å². The molecule has 5 N–H and O–H groups in total. The molecule has 596 valence electrons. The molecule has 3 unspecified atom stereocenters. The van der Waals surface area contributed by atoms with E-state index in [1.54, 1.807) is 45.9 Å². The molecule has 5 aromatic carbocycles. The van der Waals surface area contributed by atoms with Crippen molar-refractivity contribution in [3.8, 4) is 17.2 Å². The molecule has 0 radical (unpaired) electrons. The SMILES string of the molecule is CS(=O)(=O)Cl.CS(=O)(=O)N1CCN2C(=O)c3c(O)c(=O)c(C(=O)NCc4ccc(F)cc4)cn3CC21.CS(=O)(=O)N1CCN2C(=O)c3c(OCc4ccccc4)c(=O)c(C(=O)NCc4ccc(F)cc4)cn3CC21.O=C(NCc1ccc(F)cc1)c1cn2c(c(OCc3ccccc3)c1=O)C(=O)N1CCNC1C2.[CH3-].[HH].[I-].[Pd]. The van der Waals surface area contributed by atoms with Crippen LogP contribution in [0.2, 0.25) is 0 Å². The summed E-state index contributed by atoms with van der Waals surface area (Å²) < 4.78 is 125. The van der Waals surface area contributed by atoms with E-state index in [-0.39, 0.29) is 183 Å². The zero-order valence-electron chi connectivity index (χ0n) is 59.5. The topological polar surface area (TPSA) is 374 Å². The number of nitrogens with zero attached hydrogens (tertiary/aromatic N) is 8. The molecule has 14 rings (SSSR count). The van der Waals surface area contributed by atoms with Crippen LogP contribution in [0.5, 0.6) is 17.2 Å². The number of aromatic hydroxyl groups is 1. The Labute approximate surface area is 671 Å². The first-order chi connectivity index (χ1) is 51.2. The molecule has 6 aliphatic rings. The number of nitrogens with one attached hydrogen (secondary N) is 4. The normalized spacial score (nSPS) is 16.7. The summed E-state index contributed by atoms with van der Waals surface area (Å²) in [6, 6.07) is 35.0. The summed E-state index contributed by atoms with van der Waals surface area (Å²) in [5.74, 6) is -6.12. The predicted molar refractivity (Wildman–Crippen MR) is 393 cm³/mol. The number of halogens is 5. The van der Waals surface area contributed by atoms with Crippen molar-refractivity contribution in [1.29, 1.82) is 0 Å². The second-order valence-electron chi connectivity index (χ2n) is 25.5. The summed E-state index contributed by atoms with van der Waals surface area (Å²) in [6.45, 7) is 2.32. The van der Waals surface area contributed by atoms with Crippen LogP contribution in [-0.2, 0) is 102 Å². The van der Waals surface area contributed by atoms with Crippen molar-refractivity contribution in [2.45, 2.75) is 71.0 Å². The minimum absolute atomic E-state index is 0. The minimum Gasteiger partial charge on any atom is -1.00 e. The van der Waals surface area contributed by atoms with Gasteiger partial charge in [0.2, 0.25) is 45.4 Å². The third-order valence-electron chi connectivity index (χ3n) is 18.0. The maximum Gasteiger partial charge on any atom is 0.275 e. The van der Waals surface area contributed by atoms with Crippen molar-refractivity contribution in [2.75, 3.05) is 58.0 Å². The van der Waals surface area contributed by atoms with Crippen LogP contribution in [0.3, 0.4) is 0 Å². The van der Waals surface area contributed by atoms with E-state index in [9.17, 15) is 86.7 Å². The van der Waals surface area contributed by atoms with Crippen molar-refractivity contribution in [3.05, 3.63) is 269 Å². The van der Waals surface area contributed by atoms with Gasteiger partial charge in [-0.25, -0.2) is 38.4 Å². The second kappa shape index (κ2) is 36.7. The summed E-state index contributed by atoms with van der Waals surface area (Å²) in [5.41, 5.74) is 0.145. The summed E-state index contributed by atoms with van der Waals surface area (Å²) in [5, 5.41) is 21.5. The van der Waals surface area contributed by atoms with E-state index in [1.807, 2.05) is 36.4 Å². The van der Waals surface area contributed by atoms with Gasteiger partial charge in [0, 0.05) is 110 Å². The van der Waals surface area contributed by atoms with Gasteiger partial charge in [-0.15, -0.1) is 0 Å². The Bertz CT molecular complexity index is 5400. The third-order valence-corrected chi connectivity index (χ3v) is 20.5. The van der Waals surface area contributed by atoms with E-state index < -0.39 is 110 Å². The minimum atomic E-state index is -3.61. The smallest absolute Gasteiger partial charge is 0.275 e. The number of fused-ring (bicyclic) bond motifs is 6. The van der Waals surface area contributed by atoms with Gasteiger partial charge in [-0.2, -0.15) is 8.61 Å². The largest absolute Gasteiger partial charge is 1.00 e. The standard InChI is InChI=1S/C26H25FN4O6S.C25H23FN4O4.C19H19FN4O6S.CH3ClO2S.CH3.HI.Pd.H2/c1-38(35,36)31-12-11-30-21(31)15-29-14-20(25(33)28-13-17-7-9-19(27)10-8-17)23(32)24(22(29)26(30)34)37-16-18-5-3-2-4-6-18;26-18-8-6-16(7-9-18)12-28-24(32)19-13-29-14-20-27-10-11-30(20)25(33)21(29)23(22(19)31)34-15-17-4-2-1-3-5-17;1-31(29,30)24-7-6-23-14(24)10-22-9-13(16(25)17(26)15(22)19(23)28)18(27)21-8-11-2-4-12(20)5-3-11;1-5(2,3)4;;;;/h2-10,14,21H,11-13,15-16H2,1H3,(H,28,33);1-9,13,20,27H,10-12,14-15H2,(H,28,32);2-5,9,14,26H,6-8,10H2,1H3,(H,21,27);1H3;1H3;1H;;1H/q;;;;-1;;;/p-1. The molecule has 39 heteroatoms. The number of hydrogen-bond acceptors (Lipinski definition) is 19. The van der Waals surface area contributed by atoms with Crippen LogP contribution in [0.1, 0.15) is 91.8 Å². The zero-order valence-corrected chi connectivity index (χ0v) is 66.4. The van der Waals surface area contributed by atoms with Crippen molar-refractivity contribution >= 4 is 75.2 Å². The van der Waals surface area contributed by atoms with E-state index in [1.165, 1.54) is 96.3 Å². The van der Waals surface area contributed by atoms with E-state index in [0.29, 0.717) is 36.3 Å². The Balaban J connectivity index is 0.000000223. The van der Waals surface area contributed by atoms with Gasteiger partial charge in [-0.3, -0.25) is 48.5 Å². The maximum absolute atomic E-state index is 13.5. The predicted octanol–water partition coefficient (Wildman–Crippen LogP) is 0.998. The number of carbonyl (C=O) groups excluding carboxylic acids is 6. The van der Waals surface area contributed by atoms with Crippen LogP contribution in [-0.4, -0.2) is 179 Å². The number of amides is 6. The molecule has 0 saturated carbocycles. The van der Waals surface area contributed by atoms with Gasteiger partial charge in [-0.05, 0) is 64.2 Å². The fourth-order valence-electron chi connectivity index (χ4n) is 12.8. The van der Waals surface area contributed by atoms with Crippen molar-refractivity contribution < 1.29 is 128 Å². The molecule has 6 aliphatic heterocycles. The van der Waals surface area contributed by atoms with Crippen LogP contribution in [0, 0.1) is 24.9 Å². The van der Waals surface area contributed by atoms with Crippen LogP contribution in [0.4, 0.5) is 13.2 Å². The number of ether oxygens (including phenoxy) is 2. The molecular weight excluding hydrogens is 1740 g/mol. The van der Waals surface area contributed by atoms with Crippen LogP contribution in [0.15, 0.2) is 166 Å². The van der Waals surface area contributed by atoms with Crippen molar-refractivity contribution in [1.82, 2.24) is 58.3 Å². The quantitative estimate of drug-likeness (QED) is 0.0367. The number of rotatable bonds is 17. The molecule has 0 bridgehead atoms. The number of pyridine rings is 3. The van der Waals surface area contributed by atoms with Crippen LogP contribution < -0.4 is 71.0 Å². The van der Waals surface area contributed by atoms with E-state index >= 15 is 0 Å². The van der Waals surface area contributed by atoms with Gasteiger partial charge in [-0.1, -0.05) is 97.1 Å². The first kappa shape index (κ1) is 87.0. The average Bonchev–Trinajstić information content (AvgIpc) is 1.57. The molecule has 3 aromatic heterocycles. The maximum atomic E-state index is 13.5. The van der Waals surface area contributed by atoms with Gasteiger partial charge >= 0.3 is 0 Å². The van der Waals surface area contributed by atoms with Gasteiger partial charge in [0.25, 0.3) is 35.4 Å². The number of carbonyl (C=O) groups is 6. The Morgan fingerprint density at radius 1 is 0.486 bits per heavy atom. The fraction of sp³-hybridized carbons (Fsp3) is 0.278. The summed E-state index contributed by atoms with van der Waals surface area (Å²) >= 11 is 0. The number of sulfonamides is 2. The molecule has 3 atom stereocenters. The molecular formula is C72H75ClF3IN12O18PdS3-2. The van der Waals surface area contributed by atoms with Gasteiger partial charge in [0.1, 0.15) is 65.9 Å².